The van der Waals surface area contributed by atoms with Crippen molar-refractivity contribution in [3.8, 4) is 6.07 Å². The summed E-state index contributed by atoms with van der Waals surface area (Å²) in [5, 5.41) is 8.73. The molecule has 0 heterocycles. The molecule has 0 radical (unpaired) electrons. The lowest BCUT2D eigenvalue weighted by atomic mass is 10.0. The van der Waals surface area contributed by atoms with Crippen LogP contribution in [0.1, 0.15) is 11.1 Å². The van der Waals surface area contributed by atoms with Gasteiger partial charge in [0, 0.05) is 11.3 Å². The van der Waals surface area contributed by atoms with E-state index in [4.69, 9.17) is 11.0 Å². The molecular formula is C10H9FN2O2. The number of methoxy groups -OCH3 is 1. The first kappa shape index (κ1) is 11.0. The van der Waals surface area contributed by atoms with Gasteiger partial charge in [-0.2, -0.15) is 5.26 Å². The van der Waals surface area contributed by atoms with Gasteiger partial charge in [0.15, 0.2) is 0 Å². The maximum absolute atomic E-state index is 13.4. The van der Waals surface area contributed by atoms with Crippen LogP contribution in [0.3, 0.4) is 0 Å². The fourth-order valence-electron chi connectivity index (χ4n) is 1.15. The van der Waals surface area contributed by atoms with Crippen molar-refractivity contribution < 1.29 is 13.9 Å². The first-order chi connectivity index (χ1) is 7.08. The molecule has 1 aromatic rings. The third kappa shape index (κ3) is 2.44. The van der Waals surface area contributed by atoms with Crippen LogP contribution in [0.25, 0.3) is 0 Å². The topological polar surface area (TPSA) is 76.1 Å². The number of halogens is 1. The number of rotatable bonds is 2. The number of carbonyl (C=O) groups excluding carboxylic acids is 1. The van der Waals surface area contributed by atoms with E-state index in [0.29, 0.717) is 0 Å². The molecule has 0 aliphatic carbocycles. The number of hydrogen-bond acceptors (Lipinski definition) is 4. The molecule has 0 saturated carbocycles. The Morgan fingerprint density at radius 3 is 2.87 bits per heavy atom. The van der Waals surface area contributed by atoms with Crippen LogP contribution in [-0.4, -0.2) is 13.1 Å². The van der Waals surface area contributed by atoms with E-state index in [2.05, 4.69) is 4.74 Å². The average Bonchev–Trinajstić information content (AvgIpc) is 2.21. The van der Waals surface area contributed by atoms with Crippen LogP contribution in [0.5, 0.6) is 0 Å². The summed E-state index contributed by atoms with van der Waals surface area (Å²) in [4.78, 5) is 11.0. The zero-order valence-corrected chi connectivity index (χ0v) is 8.08. The number of nitrogens with zero attached hydrogens (tertiary/aromatic N) is 1. The van der Waals surface area contributed by atoms with E-state index in [0.717, 1.165) is 6.07 Å². The number of anilines is 1. The van der Waals surface area contributed by atoms with Crippen LogP contribution in [-0.2, 0) is 16.0 Å². The van der Waals surface area contributed by atoms with E-state index < -0.39 is 11.8 Å². The summed E-state index contributed by atoms with van der Waals surface area (Å²) in [5.41, 5.74) is 5.58. The Morgan fingerprint density at radius 2 is 2.33 bits per heavy atom. The molecule has 0 fully saturated rings. The molecule has 0 unspecified atom stereocenters. The molecule has 0 aromatic heterocycles. The number of esters is 1. The summed E-state index contributed by atoms with van der Waals surface area (Å²) in [7, 11) is 1.20. The molecule has 1 aromatic carbocycles. The SMILES string of the molecule is COC(=O)Cc1c(F)cc(N)cc1C#N. The highest BCUT2D eigenvalue weighted by Gasteiger charge is 2.14. The largest absolute Gasteiger partial charge is 0.469 e. The molecule has 0 atom stereocenters. The highest BCUT2D eigenvalue weighted by atomic mass is 19.1. The zero-order chi connectivity index (χ0) is 11.4. The monoisotopic (exact) mass is 208 g/mol. The third-order valence-electron chi connectivity index (χ3n) is 1.89. The Balaban J connectivity index is 3.17. The highest BCUT2D eigenvalue weighted by molar-refractivity contribution is 5.74. The summed E-state index contributed by atoms with van der Waals surface area (Å²) >= 11 is 0. The minimum Gasteiger partial charge on any atom is -0.469 e. The number of ether oxygens (including phenoxy) is 1. The number of carbonyl (C=O) groups is 1. The molecular weight excluding hydrogens is 199 g/mol. The zero-order valence-electron chi connectivity index (χ0n) is 8.08. The molecule has 78 valence electrons. The molecule has 0 amide bonds. The van der Waals surface area contributed by atoms with Gasteiger partial charge in [-0.05, 0) is 12.1 Å². The Morgan fingerprint density at radius 1 is 1.67 bits per heavy atom. The Labute approximate surface area is 86.1 Å². The van der Waals surface area contributed by atoms with Gasteiger partial charge >= 0.3 is 5.97 Å². The van der Waals surface area contributed by atoms with Gasteiger partial charge in [0.05, 0.1) is 25.2 Å². The number of nitriles is 1. The van der Waals surface area contributed by atoms with Gasteiger partial charge in [0.2, 0.25) is 0 Å². The van der Waals surface area contributed by atoms with Gasteiger partial charge in [-0.1, -0.05) is 0 Å². The van der Waals surface area contributed by atoms with Crippen LogP contribution >= 0.6 is 0 Å². The van der Waals surface area contributed by atoms with Gasteiger partial charge in [0.1, 0.15) is 5.82 Å². The number of benzene rings is 1. The number of nitrogens with two attached hydrogens (primary N) is 1. The Kier molecular flexibility index (Phi) is 3.24. The molecule has 15 heavy (non-hydrogen) atoms. The maximum Gasteiger partial charge on any atom is 0.310 e. The van der Waals surface area contributed by atoms with Crippen molar-refractivity contribution in [1.82, 2.24) is 0 Å². The van der Waals surface area contributed by atoms with E-state index in [9.17, 15) is 9.18 Å². The van der Waals surface area contributed by atoms with Gasteiger partial charge in [-0.25, -0.2) is 4.39 Å². The molecule has 0 aliphatic heterocycles. The van der Waals surface area contributed by atoms with Crippen LogP contribution in [0.15, 0.2) is 12.1 Å². The van der Waals surface area contributed by atoms with E-state index in [1.165, 1.54) is 13.2 Å². The molecule has 5 heteroatoms. The van der Waals surface area contributed by atoms with E-state index in [1.54, 1.807) is 6.07 Å². The Bertz CT molecular complexity index is 438. The predicted octanol–water partition coefficient (Wildman–Crippen LogP) is 0.995. The minimum absolute atomic E-state index is 0.0125. The second-order valence-electron chi connectivity index (χ2n) is 2.89. The summed E-state index contributed by atoms with van der Waals surface area (Å²) in [6, 6.07) is 4.17. The number of hydrogen-bond donors (Lipinski definition) is 1. The van der Waals surface area contributed by atoms with Crippen molar-refractivity contribution in [3.63, 3.8) is 0 Å². The summed E-state index contributed by atoms with van der Waals surface area (Å²) in [5.74, 6) is -1.27. The first-order valence-corrected chi connectivity index (χ1v) is 4.13. The quantitative estimate of drug-likeness (QED) is 0.581. The standard InChI is InChI=1S/C10H9FN2O2/c1-15-10(14)4-8-6(5-12)2-7(13)3-9(8)11/h2-3H,4,13H2,1H3. The van der Waals surface area contributed by atoms with Gasteiger partial charge in [0.25, 0.3) is 0 Å². The summed E-state index contributed by atoms with van der Waals surface area (Å²) in [6.45, 7) is 0. The molecule has 0 spiro atoms. The summed E-state index contributed by atoms with van der Waals surface area (Å²) in [6.07, 6.45) is -0.272. The van der Waals surface area contributed by atoms with Crippen molar-refractivity contribution in [1.29, 1.82) is 5.26 Å². The lowest BCUT2D eigenvalue weighted by Crippen LogP contribution is -2.08. The van der Waals surface area contributed by atoms with Gasteiger partial charge < -0.3 is 10.5 Å². The smallest absolute Gasteiger partial charge is 0.310 e. The fraction of sp³-hybridized carbons (Fsp3) is 0.200. The minimum atomic E-state index is -0.669. The second-order valence-corrected chi connectivity index (χ2v) is 2.89. The predicted molar refractivity (Wildman–Crippen MR) is 51.2 cm³/mol. The summed E-state index contributed by atoms with van der Waals surface area (Å²) < 4.78 is 17.7. The molecule has 2 N–H and O–H groups in total. The molecule has 0 saturated heterocycles. The highest BCUT2D eigenvalue weighted by Crippen LogP contribution is 2.18. The van der Waals surface area contributed by atoms with Gasteiger partial charge in [-0.15, -0.1) is 0 Å². The lowest BCUT2D eigenvalue weighted by molar-refractivity contribution is -0.139. The van der Waals surface area contributed by atoms with Crippen molar-refractivity contribution in [2.75, 3.05) is 12.8 Å². The van der Waals surface area contributed by atoms with Crippen LogP contribution in [0.2, 0.25) is 0 Å². The number of nitrogen functional groups attached to an aromatic ring is 1. The van der Waals surface area contributed by atoms with Crippen molar-refractivity contribution in [3.05, 3.63) is 29.1 Å². The van der Waals surface area contributed by atoms with Gasteiger partial charge in [-0.3, -0.25) is 4.79 Å². The lowest BCUT2D eigenvalue weighted by Gasteiger charge is -2.05. The molecule has 4 nitrogen and oxygen atoms in total. The van der Waals surface area contributed by atoms with E-state index >= 15 is 0 Å². The van der Waals surface area contributed by atoms with Crippen molar-refractivity contribution in [2.24, 2.45) is 0 Å². The van der Waals surface area contributed by atoms with Crippen molar-refractivity contribution >= 4 is 11.7 Å². The third-order valence-corrected chi connectivity index (χ3v) is 1.89. The second kappa shape index (κ2) is 4.42. The maximum atomic E-state index is 13.4. The molecule has 0 bridgehead atoms. The van der Waals surface area contributed by atoms with Crippen LogP contribution in [0, 0.1) is 17.1 Å². The molecule has 1 rings (SSSR count). The fourth-order valence-corrected chi connectivity index (χ4v) is 1.15. The Hall–Kier alpha value is -2.09. The normalized spacial score (nSPS) is 9.40. The van der Waals surface area contributed by atoms with Crippen LogP contribution < -0.4 is 5.73 Å². The van der Waals surface area contributed by atoms with E-state index in [-0.39, 0.29) is 23.2 Å². The first-order valence-electron chi connectivity index (χ1n) is 4.13. The average molecular weight is 208 g/mol. The van der Waals surface area contributed by atoms with Crippen LogP contribution in [0.4, 0.5) is 10.1 Å². The van der Waals surface area contributed by atoms with E-state index in [1.807, 2.05) is 0 Å². The molecule has 0 aliphatic rings. The van der Waals surface area contributed by atoms with Crippen molar-refractivity contribution in [2.45, 2.75) is 6.42 Å².